The Kier molecular flexibility index (Phi) is 3.39. The van der Waals surface area contributed by atoms with Crippen LogP contribution in [0.25, 0.3) is 0 Å². The van der Waals surface area contributed by atoms with E-state index in [1.54, 1.807) is 0 Å². The molecule has 2 N–H and O–H groups in total. The van der Waals surface area contributed by atoms with Crippen LogP contribution >= 0.6 is 0 Å². The molecule has 2 amide bonds. The van der Waals surface area contributed by atoms with Crippen LogP contribution in [0, 0.1) is 0 Å². The summed E-state index contributed by atoms with van der Waals surface area (Å²) in [5.41, 5.74) is 5.44. The van der Waals surface area contributed by atoms with Crippen LogP contribution in [0.5, 0.6) is 0 Å². The van der Waals surface area contributed by atoms with Crippen molar-refractivity contribution < 1.29 is 14.3 Å². The van der Waals surface area contributed by atoms with Crippen molar-refractivity contribution in [2.24, 2.45) is 5.73 Å². The highest BCUT2D eigenvalue weighted by molar-refractivity contribution is 6.02. The lowest BCUT2D eigenvalue weighted by Crippen LogP contribution is -2.46. The van der Waals surface area contributed by atoms with Gasteiger partial charge in [-0.25, -0.2) is 0 Å². The van der Waals surface area contributed by atoms with Crippen molar-refractivity contribution in [3.8, 4) is 0 Å². The van der Waals surface area contributed by atoms with Crippen LogP contribution in [0.3, 0.4) is 0 Å². The molecule has 1 rings (SSSR count). The molecule has 1 unspecified atom stereocenters. The first-order valence-electron chi connectivity index (χ1n) is 4.24. The predicted molar refractivity (Wildman–Crippen MR) is 45.8 cm³/mol. The van der Waals surface area contributed by atoms with E-state index in [0.29, 0.717) is 19.4 Å². The van der Waals surface area contributed by atoms with Crippen LogP contribution in [-0.2, 0) is 14.3 Å². The quantitative estimate of drug-likeness (QED) is 0.578. The van der Waals surface area contributed by atoms with Gasteiger partial charge in [-0.3, -0.25) is 14.5 Å². The van der Waals surface area contributed by atoms with Gasteiger partial charge in [0.15, 0.2) is 0 Å². The van der Waals surface area contributed by atoms with E-state index in [9.17, 15) is 9.59 Å². The van der Waals surface area contributed by atoms with Gasteiger partial charge >= 0.3 is 0 Å². The van der Waals surface area contributed by atoms with Gasteiger partial charge in [-0.15, -0.1) is 0 Å². The van der Waals surface area contributed by atoms with Crippen LogP contribution in [0.15, 0.2) is 0 Å². The zero-order valence-corrected chi connectivity index (χ0v) is 7.66. The van der Waals surface area contributed by atoms with Crippen molar-refractivity contribution in [3.63, 3.8) is 0 Å². The molecule has 0 spiro atoms. The van der Waals surface area contributed by atoms with Crippen LogP contribution in [0.4, 0.5) is 0 Å². The van der Waals surface area contributed by atoms with Crippen LogP contribution < -0.4 is 5.73 Å². The molecule has 5 heteroatoms. The number of likely N-dealkylation sites (tertiary alicyclic amines) is 1. The van der Waals surface area contributed by atoms with E-state index in [-0.39, 0.29) is 24.4 Å². The van der Waals surface area contributed by atoms with E-state index in [4.69, 9.17) is 10.5 Å². The van der Waals surface area contributed by atoms with Gasteiger partial charge in [0.25, 0.3) is 0 Å². The van der Waals surface area contributed by atoms with E-state index >= 15 is 0 Å². The highest BCUT2D eigenvalue weighted by Crippen LogP contribution is 2.14. The number of nitrogens with zero attached hydrogens (tertiary/aromatic N) is 1. The monoisotopic (exact) mass is 186 g/mol. The second-order valence-corrected chi connectivity index (χ2v) is 3.00. The fourth-order valence-corrected chi connectivity index (χ4v) is 1.44. The van der Waals surface area contributed by atoms with E-state index in [1.807, 2.05) is 0 Å². The maximum absolute atomic E-state index is 11.3. The molecule has 1 aliphatic heterocycles. The predicted octanol–water partition coefficient (Wildman–Crippen LogP) is -0.891. The zero-order chi connectivity index (χ0) is 9.84. The lowest BCUT2D eigenvalue weighted by Gasteiger charge is -2.23. The van der Waals surface area contributed by atoms with Gasteiger partial charge in [0.2, 0.25) is 11.8 Å². The van der Waals surface area contributed by atoms with Gasteiger partial charge in [0, 0.05) is 26.5 Å². The summed E-state index contributed by atoms with van der Waals surface area (Å²) < 4.78 is 4.88. The summed E-state index contributed by atoms with van der Waals surface area (Å²) >= 11 is 0. The summed E-state index contributed by atoms with van der Waals surface area (Å²) in [6, 6.07) is -0.299. The molecule has 0 aromatic heterocycles. The molecule has 0 aromatic rings. The maximum Gasteiger partial charge on any atom is 0.230 e. The van der Waals surface area contributed by atoms with Crippen LogP contribution in [0.1, 0.15) is 12.8 Å². The fraction of sp³-hybridized carbons (Fsp3) is 0.750. The molecular formula is C8H14N2O3. The average molecular weight is 186 g/mol. The number of hydrogen-bond acceptors (Lipinski definition) is 4. The van der Waals surface area contributed by atoms with Crippen LogP contribution in [0.2, 0.25) is 0 Å². The summed E-state index contributed by atoms with van der Waals surface area (Å²) in [7, 11) is 1.52. The minimum Gasteiger partial charge on any atom is -0.382 e. The number of ether oxygens (including phenoxy) is 1. The maximum atomic E-state index is 11.3. The standard InChI is InChI=1S/C8H14N2O3/c1-13-5-6(4-9)10-7(11)2-3-8(10)12/h6H,2-5,9H2,1H3. The molecule has 0 saturated carbocycles. The normalized spacial score (nSPS) is 19.7. The first-order valence-corrected chi connectivity index (χ1v) is 4.24. The van der Waals surface area contributed by atoms with Gasteiger partial charge < -0.3 is 10.5 Å². The largest absolute Gasteiger partial charge is 0.382 e. The molecule has 1 aliphatic rings. The fourth-order valence-electron chi connectivity index (χ4n) is 1.44. The van der Waals surface area contributed by atoms with Crippen molar-refractivity contribution in [3.05, 3.63) is 0 Å². The Balaban J connectivity index is 2.65. The molecule has 0 bridgehead atoms. The smallest absolute Gasteiger partial charge is 0.230 e. The van der Waals surface area contributed by atoms with Crippen molar-refractivity contribution in [1.29, 1.82) is 0 Å². The average Bonchev–Trinajstić information content (AvgIpc) is 2.43. The molecule has 1 atom stereocenters. The van der Waals surface area contributed by atoms with Gasteiger partial charge in [-0.05, 0) is 0 Å². The van der Waals surface area contributed by atoms with E-state index < -0.39 is 0 Å². The van der Waals surface area contributed by atoms with Crippen molar-refractivity contribution >= 4 is 11.8 Å². The Morgan fingerprint density at radius 2 is 2.00 bits per heavy atom. The molecule has 0 aliphatic carbocycles. The minimum absolute atomic E-state index is 0.141. The van der Waals surface area contributed by atoms with Crippen LogP contribution in [-0.4, -0.2) is 43.0 Å². The Bertz CT molecular complexity index is 201. The summed E-state index contributed by atoms with van der Waals surface area (Å²) in [6.45, 7) is 0.569. The lowest BCUT2D eigenvalue weighted by molar-refractivity contribution is -0.142. The molecular weight excluding hydrogens is 172 g/mol. The summed E-state index contributed by atoms with van der Waals surface area (Å²) in [5.74, 6) is -0.282. The van der Waals surface area contributed by atoms with E-state index in [2.05, 4.69) is 0 Å². The molecule has 1 saturated heterocycles. The van der Waals surface area contributed by atoms with Crippen molar-refractivity contribution in [2.75, 3.05) is 20.3 Å². The summed E-state index contributed by atoms with van der Waals surface area (Å²) in [5, 5.41) is 0. The highest BCUT2D eigenvalue weighted by Gasteiger charge is 2.34. The second-order valence-electron chi connectivity index (χ2n) is 3.00. The van der Waals surface area contributed by atoms with Gasteiger partial charge in [0.1, 0.15) is 0 Å². The Morgan fingerprint density at radius 1 is 1.46 bits per heavy atom. The van der Waals surface area contributed by atoms with Crippen molar-refractivity contribution in [1.82, 2.24) is 4.90 Å². The zero-order valence-electron chi connectivity index (χ0n) is 7.66. The molecule has 1 fully saturated rings. The molecule has 1 heterocycles. The number of hydrogen-bond donors (Lipinski definition) is 1. The molecule has 74 valence electrons. The third-order valence-corrected chi connectivity index (χ3v) is 2.09. The number of nitrogens with two attached hydrogens (primary N) is 1. The Morgan fingerprint density at radius 3 is 2.38 bits per heavy atom. The molecule has 0 radical (unpaired) electrons. The third kappa shape index (κ3) is 2.05. The summed E-state index contributed by atoms with van der Waals surface area (Å²) in [4.78, 5) is 23.7. The number of imide groups is 1. The number of rotatable bonds is 4. The molecule has 0 aromatic carbocycles. The Hall–Kier alpha value is -0.940. The number of amides is 2. The number of carbonyl (C=O) groups excluding carboxylic acids is 2. The van der Waals surface area contributed by atoms with Gasteiger partial charge in [-0.1, -0.05) is 0 Å². The highest BCUT2D eigenvalue weighted by atomic mass is 16.5. The van der Waals surface area contributed by atoms with Gasteiger partial charge in [-0.2, -0.15) is 0 Å². The molecule has 5 nitrogen and oxygen atoms in total. The number of carbonyl (C=O) groups is 2. The summed E-state index contributed by atoms with van der Waals surface area (Å²) in [6.07, 6.45) is 0.609. The van der Waals surface area contributed by atoms with Gasteiger partial charge in [0.05, 0.1) is 12.6 Å². The second kappa shape index (κ2) is 4.34. The lowest BCUT2D eigenvalue weighted by atomic mass is 10.3. The molecule has 13 heavy (non-hydrogen) atoms. The number of methoxy groups -OCH3 is 1. The van der Waals surface area contributed by atoms with E-state index in [1.165, 1.54) is 12.0 Å². The first-order chi connectivity index (χ1) is 6.20. The van der Waals surface area contributed by atoms with Crippen molar-refractivity contribution in [2.45, 2.75) is 18.9 Å². The SMILES string of the molecule is COCC(CN)N1C(=O)CCC1=O. The van der Waals surface area contributed by atoms with E-state index in [0.717, 1.165) is 0 Å². The topological polar surface area (TPSA) is 72.6 Å². The Labute approximate surface area is 76.8 Å². The first kappa shape index (κ1) is 10.1. The minimum atomic E-state index is -0.299. The third-order valence-electron chi connectivity index (χ3n) is 2.09.